The second-order valence-electron chi connectivity index (χ2n) is 4.06. The number of ether oxygens (including phenoxy) is 1. The van der Waals surface area contributed by atoms with Crippen LogP contribution in [0.3, 0.4) is 0 Å². The van der Waals surface area contributed by atoms with Crippen LogP contribution in [0.2, 0.25) is 0 Å². The maximum absolute atomic E-state index is 13.1. The van der Waals surface area contributed by atoms with Gasteiger partial charge in [0.15, 0.2) is 0 Å². The van der Waals surface area contributed by atoms with E-state index in [0.29, 0.717) is 11.3 Å². The maximum atomic E-state index is 13.1. The van der Waals surface area contributed by atoms with Crippen molar-refractivity contribution in [2.24, 2.45) is 0 Å². The van der Waals surface area contributed by atoms with Crippen molar-refractivity contribution in [1.29, 1.82) is 0 Å². The first-order chi connectivity index (χ1) is 7.99. The van der Waals surface area contributed by atoms with Gasteiger partial charge in [0.1, 0.15) is 11.6 Å². The Morgan fingerprint density at radius 2 is 1.88 bits per heavy atom. The monoisotopic (exact) mass is 234 g/mol. The number of fused-ring (bicyclic) bond motifs is 1. The van der Waals surface area contributed by atoms with Crippen molar-refractivity contribution in [3.63, 3.8) is 0 Å². The van der Waals surface area contributed by atoms with Crippen LogP contribution in [-0.2, 0) is 9.53 Å². The molecule has 0 spiro atoms. The molecule has 1 aliphatic carbocycles. The number of Topliss-reactive ketones (excluding diaryl/α,β-unsaturated/α-hetero) is 1. The van der Waals surface area contributed by atoms with Crippen molar-refractivity contribution in [1.82, 2.24) is 0 Å². The maximum Gasteiger partial charge on any atom is 0.233 e. The minimum atomic E-state index is -0.699. The van der Waals surface area contributed by atoms with Crippen molar-refractivity contribution in [2.75, 3.05) is 0 Å². The van der Waals surface area contributed by atoms with Crippen molar-refractivity contribution in [2.45, 2.75) is 20.0 Å². The number of carbonyl (C=O) groups excluding carboxylic acids is 2. The summed E-state index contributed by atoms with van der Waals surface area (Å²) in [6.07, 6.45) is 1.03. The summed E-state index contributed by atoms with van der Waals surface area (Å²) in [5, 5.41) is 0. The topological polar surface area (TPSA) is 43.4 Å². The fourth-order valence-electron chi connectivity index (χ4n) is 1.67. The summed E-state index contributed by atoms with van der Waals surface area (Å²) in [6.45, 7) is 3.62. The van der Waals surface area contributed by atoms with Crippen molar-refractivity contribution in [3.8, 4) is 0 Å². The molecule has 0 aliphatic heterocycles. The molecule has 0 heterocycles. The van der Waals surface area contributed by atoms with Crippen LogP contribution >= 0.6 is 0 Å². The number of halogens is 1. The van der Waals surface area contributed by atoms with Crippen molar-refractivity contribution < 1.29 is 18.7 Å². The zero-order valence-electron chi connectivity index (χ0n) is 9.49. The average Bonchev–Trinajstić information content (AvgIpc) is 2.24. The summed E-state index contributed by atoms with van der Waals surface area (Å²) in [5.74, 6) is -1.61. The van der Waals surface area contributed by atoms with Crippen LogP contribution in [0.5, 0.6) is 0 Å². The molecule has 17 heavy (non-hydrogen) atoms. The van der Waals surface area contributed by atoms with E-state index in [2.05, 4.69) is 0 Å². The summed E-state index contributed by atoms with van der Waals surface area (Å²) in [5.41, 5.74) is 0.526. The molecule has 1 aromatic rings. The van der Waals surface area contributed by atoms with E-state index in [9.17, 15) is 14.0 Å². The Morgan fingerprint density at radius 3 is 2.53 bits per heavy atom. The Morgan fingerprint density at radius 1 is 1.18 bits per heavy atom. The van der Waals surface area contributed by atoms with Gasteiger partial charge in [-0.15, -0.1) is 0 Å². The second kappa shape index (κ2) is 4.13. The third-order valence-corrected chi connectivity index (χ3v) is 2.34. The first-order valence-corrected chi connectivity index (χ1v) is 5.26. The van der Waals surface area contributed by atoms with Crippen LogP contribution in [0, 0.1) is 5.82 Å². The third-order valence-electron chi connectivity index (χ3n) is 2.34. The number of hydrogen-bond acceptors (Lipinski definition) is 3. The predicted molar refractivity (Wildman–Crippen MR) is 59.9 cm³/mol. The highest BCUT2D eigenvalue weighted by molar-refractivity contribution is 6.50. The Balaban J connectivity index is 2.54. The number of rotatable bonds is 2. The zero-order valence-corrected chi connectivity index (χ0v) is 9.49. The molecule has 0 radical (unpaired) electrons. The van der Waals surface area contributed by atoms with Crippen LogP contribution in [0.4, 0.5) is 4.39 Å². The summed E-state index contributed by atoms with van der Waals surface area (Å²) in [4.78, 5) is 23.0. The number of benzene rings is 1. The lowest BCUT2D eigenvalue weighted by atomic mass is 9.94. The van der Waals surface area contributed by atoms with Crippen molar-refractivity contribution in [3.05, 3.63) is 41.2 Å². The fourth-order valence-corrected chi connectivity index (χ4v) is 1.67. The van der Waals surface area contributed by atoms with Crippen molar-refractivity contribution >= 4 is 17.3 Å². The smallest absolute Gasteiger partial charge is 0.233 e. The lowest BCUT2D eigenvalue weighted by molar-refractivity contribution is -0.111. The van der Waals surface area contributed by atoms with Gasteiger partial charge in [-0.25, -0.2) is 4.39 Å². The molecule has 0 aromatic heterocycles. The van der Waals surface area contributed by atoms with Gasteiger partial charge in [-0.3, -0.25) is 9.59 Å². The van der Waals surface area contributed by atoms with Crippen LogP contribution in [0.1, 0.15) is 29.8 Å². The van der Waals surface area contributed by atoms with Gasteiger partial charge < -0.3 is 4.74 Å². The quantitative estimate of drug-likeness (QED) is 0.738. The van der Waals surface area contributed by atoms with E-state index in [1.165, 1.54) is 12.1 Å². The number of ketones is 2. The Labute approximate surface area is 97.9 Å². The Kier molecular flexibility index (Phi) is 2.79. The molecule has 0 unspecified atom stereocenters. The summed E-state index contributed by atoms with van der Waals surface area (Å²) < 4.78 is 18.5. The van der Waals surface area contributed by atoms with E-state index in [1.807, 2.05) is 13.8 Å². The van der Waals surface area contributed by atoms with Crippen LogP contribution in [-0.4, -0.2) is 17.7 Å². The van der Waals surface area contributed by atoms with Crippen LogP contribution in [0.15, 0.2) is 24.3 Å². The zero-order chi connectivity index (χ0) is 12.6. The Bertz CT molecular complexity index is 529. The van der Waals surface area contributed by atoms with E-state index >= 15 is 0 Å². The first-order valence-electron chi connectivity index (χ1n) is 5.26. The molecule has 3 nitrogen and oxygen atoms in total. The van der Waals surface area contributed by atoms with Gasteiger partial charge in [0, 0.05) is 17.2 Å². The number of hydrogen-bond donors (Lipinski definition) is 0. The lowest BCUT2D eigenvalue weighted by Crippen LogP contribution is -2.20. The van der Waals surface area contributed by atoms with E-state index < -0.39 is 17.4 Å². The minimum absolute atomic E-state index is 0.0631. The molecule has 88 valence electrons. The van der Waals surface area contributed by atoms with Gasteiger partial charge in [-0.2, -0.15) is 0 Å². The normalized spacial score (nSPS) is 14.7. The molecular weight excluding hydrogens is 223 g/mol. The predicted octanol–water partition coefficient (Wildman–Crippen LogP) is 2.36. The second-order valence-corrected chi connectivity index (χ2v) is 4.06. The molecule has 2 rings (SSSR count). The van der Waals surface area contributed by atoms with Crippen LogP contribution in [0.25, 0.3) is 5.76 Å². The summed E-state index contributed by atoms with van der Waals surface area (Å²) in [6, 6.07) is 3.74. The van der Waals surface area contributed by atoms with Gasteiger partial charge in [-0.05, 0) is 32.0 Å². The molecule has 0 saturated carbocycles. The van der Waals surface area contributed by atoms with Gasteiger partial charge in [0.25, 0.3) is 0 Å². The largest absolute Gasteiger partial charge is 0.490 e. The third kappa shape index (κ3) is 2.11. The highest BCUT2D eigenvalue weighted by Gasteiger charge is 2.27. The molecule has 0 amide bonds. The van der Waals surface area contributed by atoms with E-state index in [4.69, 9.17) is 4.74 Å². The molecular formula is C13H11FO3. The Hall–Kier alpha value is -1.97. The highest BCUT2D eigenvalue weighted by Crippen LogP contribution is 2.27. The standard InChI is InChI=1S/C13H11FO3/c1-7(2)17-12-6-11(15)13(16)10-5-8(14)3-4-9(10)12/h3-7H,1-2H3. The molecule has 4 heteroatoms. The molecule has 0 N–H and O–H groups in total. The molecule has 1 aromatic carbocycles. The highest BCUT2D eigenvalue weighted by atomic mass is 19.1. The fraction of sp³-hybridized carbons (Fsp3) is 0.231. The molecule has 0 saturated heterocycles. The molecule has 0 fully saturated rings. The van der Waals surface area contributed by atoms with E-state index in [-0.39, 0.29) is 11.7 Å². The van der Waals surface area contributed by atoms with Gasteiger partial charge in [0.2, 0.25) is 11.6 Å². The molecule has 0 bridgehead atoms. The average molecular weight is 234 g/mol. The van der Waals surface area contributed by atoms with Gasteiger partial charge in [0.05, 0.1) is 6.10 Å². The minimum Gasteiger partial charge on any atom is -0.490 e. The van der Waals surface area contributed by atoms with Gasteiger partial charge in [-0.1, -0.05) is 0 Å². The SMILES string of the molecule is CC(C)OC1=CC(=O)C(=O)c2cc(F)ccc21. The number of allylic oxidation sites excluding steroid dienone is 1. The molecule has 1 aliphatic rings. The lowest BCUT2D eigenvalue weighted by Gasteiger charge is -2.19. The molecule has 0 atom stereocenters. The van der Waals surface area contributed by atoms with E-state index in [1.54, 1.807) is 0 Å². The van der Waals surface area contributed by atoms with E-state index in [0.717, 1.165) is 12.1 Å². The van der Waals surface area contributed by atoms with Crippen LogP contribution < -0.4 is 0 Å². The van der Waals surface area contributed by atoms with Gasteiger partial charge >= 0.3 is 0 Å². The number of carbonyl (C=O) groups is 2. The summed E-state index contributed by atoms with van der Waals surface area (Å²) in [7, 11) is 0. The summed E-state index contributed by atoms with van der Waals surface area (Å²) >= 11 is 0. The first kappa shape index (κ1) is 11.5.